The van der Waals surface area contributed by atoms with Crippen molar-refractivity contribution in [1.29, 1.82) is 0 Å². The monoisotopic (exact) mass is 447 g/mol. The standard InChI is InChI=1S/C23H21N5O3S/c29-21-18-6-1-2-7-19(18)25-20(26-21)15-27-9-11-28(12-10-27)16-4-3-5-17(14-16)31-23(30)22-24-8-13-32-22/h1-8,13-14H,9-12,15H2,(H,25,26,29). The van der Waals surface area contributed by atoms with E-state index in [2.05, 4.69) is 24.8 Å². The molecule has 1 saturated heterocycles. The molecule has 4 aromatic rings. The molecule has 0 unspecified atom stereocenters. The Morgan fingerprint density at radius 1 is 1.09 bits per heavy atom. The molecule has 2 aromatic heterocycles. The van der Waals surface area contributed by atoms with Gasteiger partial charge >= 0.3 is 5.97 Å². The van der Waals surface area contributed by atoms with Gasteiger partial charge in [-0.05, 0) is 24.3 Å². The lowest BCUT2D eigenvalue weighted by Crippen LogP contribution is -2.46. The minimum absolute atomic E-state index is 0.103. The summed E-state index contributed by atoms with van der Waals surface area (Å²) in [4.78, 5) is 40.5. The van der Waals surface area contributed by atoms with Gasteiger partial charge in [0.05, 0.1) is 17.4 Å². The summed E-state index contributed by atoms with van der Waals surface area (Å²) in [6.07, 6.45) is 1.58. The molecule has 2 aromatic carbocycles. The summed E-state index contributed by atoms with van der Waals surface area (Å²) in [5.74, 6) is 0.736. The zero-order valence-electron chi connectivity index (χ0n) is 17.2. The first-order valence-electron chi connectivity index (χ1n) is 10.3. The molecule has 0 amide bonds. The fraction of sp³-hybridized carbons (Fsp3) is 0.217. The van der Waals surface area contributed by atoms with Gasteiger partial charge in [-0.2, -0.15) is 0 Å². The van der Waals surface area contributed by atoms with Gasteiger partial charge < -0.3 is 14.6 Å². The molecule has 1 aliphatic heterocycles. The largest absolute Gasteiger partial charge is 0.421 e. The van der Waals surface area contributed by atoms with E-state index in [0.29, 0.717) is 34.0 Å². The van der Waals surface area contributed by atoms with Gasteiger partial charge in [0.2, 0.25) is 5.01 Å². The first-order valence-corrected chi connectivity index (χ1v) is 11.2. The van der Waals surface area contributed by atoms with Gasteiger partial charge in [0, 0.05) is 49.5 Å². The molecule has 0 aliphatic carbocycles. The van der Waals surface area contributed by atoms with Crippen LogP contribution in [0.15, 0.2) is 64.9 Å². The summed E-state index contributed by atoms with van der Waals surface area (Å²) in [5, 5.41) is 2.69. The highest BCUT2D eigenvalue weighted by Crippen LogP contribution is 2.23. The minimum atomic E-state index is -0.446. The number of aromatic amines is 1. The number of anilines is 1. The van der Waals surface area contributed by atoms with E-state index < -0.39 is 5.97 Å². The van der Waals surface area contributed by atoms with E-state index in [1.54, 1.807) is 23.7 Å². The summed E-state index contributed by atoms with van der Waals surface area (Å²) in [5.41, 5.74) is 1.62. The van der Waals surface area contributed by atoms with Crippen molar-refractivity contribution in [3.05, 3.63) is 81.3 Å². The number of thiazole rings is 1. The molecule has 5 rings (SSSR count). The highest BCUT2D eigenvalue weighted by molar-refractivity contribution is 7.11. The molecule has 1 N–H and O–H groups in total. The van der Waals surface area contributed by atoms with Crippen molar-refractivity contribution in [3.63, 3.8) is 0 Å². The molecule has 3 heterocycles. The first kappa shape index (κ1) is 20.3. The van der Waals surface area contributed by atoms with Crippen LogP contribution in [0.1, 0.15) is 15.6 Å². The van der Waals surface area contributed by atoms with Gasteiger partial charge in [-0.15, -0.1) is 11.3 Å². The Morgan fingerprint density at radius 3 is 2.75 bits per heavy atom. The lowest BCUT2D eigenvalue weighted by molar-refractivity contribution is 0.0734. The third-order valence-electron chi connectivity index (χ3n) is 5.41. The molecule has 0 bridgehead atoms. The van der Waals surface area contributed by atoms with Crippen LogP contribution in [0.2, 0.25) is 0 Å². The van der Waals surface area contributed by atoms with Crippen LogP contribution in [0.25, 0.3) is 10.9 Å². The number of hydrogen-bond acceptors (Lipinski definition) is 8. The molecule has 0 atom stereocenters. The number of benzene rings is 2. The van der Waals surface area contributed by atoms with Gasteiger partial charge in [0.15, 0.2) is 0 Å². The Balaban J connectivity index is 1.21. The fourth-order valence-electron chi connectivity index (χ4n) is 3.80. The van der Waals surface area contributed by atoms with Crippen LogP contribution in [0.4, 0.5) is 5.69 Å². The number of ether oxygens (including phenoxy) is 1. The maximum Gasteiger partial charge on any atom is 0.372 e. The molecule has 1 fully saturated rings. The van der Waals surface area contributed by atoms with Crippen LogP contribution >= 0.6 is 11.3 Å². The number of esters is 1. The van der Waals surface area contributed by atoms with Crippen molar-refractivity contribution in [2.24, 2.45) is 0 Å². The molecule has 1 aliphatic rings. The summed E-state index contributed by atoms with van der Waals surface area (Å²) < 4.78 is 5.47. The van der Waals surface area contributed by atoms with E-state index >= 15 is 0 Å². The predicted molar refractivity (Wildman–Crippen MR) is 123 cm³/mol. The lowest BCUT2D eigenvalue weighted by Gasteiger charge is -2.35. The summed E-state index contributed by atoms with van der Waals surface area (Å²) in [6, 6.07) is 14.9. The van der Waals surface area contributed by atoms with Gasteiger partial charge in [-0.25, -0.2) is 14.8 Å². The topological polar surface area (TPSA) is 91.4 Å². The van der Waals surface area contributed by atoms with E-state index in [1.165, 1.54) is 11.3 Å². The quantitative estimate of drug-likeness (QED) is 0.372. The van der Waals surface area contributed by atoms with Gasteiger partial charge in [-0.3, -0.25) is 9.69 Å². The summed E-state index contributed by atoms with van der Waals surface area (Å²) >= 11 is 1.26. The Morgan fingerprint density at radius 2 is 1.94 bits per heavy atom. The summed E-state index contributed by atoms with van der Waals surface area (Å²) in [6.45, 7) is 3.90. The Kier molecular flexibility index (Phi) is 5.66. The molecule has 8 nitrogen and oxygen atoms in total. The smallest absolute Gasteiger partial charge is 0.372 e. The lowest BCUT2D eigenvalue weighted by atomic mass is 10.2. The third-order valence-corrected chi connectivity index (χ3v) is 6.16. The first-order chi connectivity index (χ1) is 15.7. The normalized spacial score (nSPS) is 14.6. The third kappa shape index (κ3) is 4.39. The zero-order chi connectivity index (χ0) is 21.9. The SMILES string of the molecule is O=C(Oc1cccc(N2CCN(Cc3nc4ccccc4c(=O)[nH]3)CC2)c1)c1nccs1. The van der Waals surface area contributed by atoms with Gasteiger partial charge in [0.1, 0.15) is 11.6 Å². The second-order valence-electron chi connectivity index (χ2n) is 7.52. The Bertz CT molecular complexity index is 1300. The van der Waals surface area contributed by atoms with Crippen molar-refractivity contribution >= 4 is 33.9 Å². The number of para-hydroxylation sites is 1. The minimum Gasteiger partial charge on any atom is -0.421 e. The molecule has 0 saturated carbocycles. The van der Waals surface area contributed by atoms with Crippen molar-refractivity contribution < 1.29 is 9.53 Å². The Hall–Kier alpha value is -3.56. The number of H-pyrrole nitrogens is 1. The van der Waals surface area contributed by atoms with Crippen molar-refractivity contribution in [2.75, 3.05) is 31.1 Å². The number of rotatable bonds is 5. The van der Waals surface area contributed by atoms with Gasteiger partial charge in [0.25, 0.3) is 5.56 Å². The number of fused-ring (bicyclic) bond motifs is 1. The van der Waals surface area contributed by atoms with Crippen molar-refractivity contribution in [3.8, 4) is 5.75 Å². The zero-order valence-corrected chi connectivity index (χ0v) is 18.0. The number of carbonyl (C=O) groups excluding carboxylic acids is 1. The second-order valence-corrected chi connectivity index (χ2v) is 8.41. The molecule has 0 spiro atoms. The van der Waals surface area contributed by atoms with E-state index in [9.17, 15) is 9.59 Å². The molecular formula is C23H21N5O3S. The highest BCUT2D eigenvalue weighted by Gasteiger charge is 2.19. The number of hydrogen-bond donors (Lipinski definition) is 1. The van der Waals surface area contributed by atoms with E-state index in [1.807, 2.05) is 36.4 Å². The van der Waals surface area contributed by atoms with Crippen LogP contribution in [0.3, 0.4) is 0 Å². The number of piperazine rings is 1. The molecule has 32 heavy (non-hydrogen) atoms. The van der Waals surface area contributed by atoms with E-state index in [-0.39, 0.29) is 5.56 Å². The predicted octanol–water partition coefficient (Wildman–Crippen LogP) is 2.92. The van der Waals surface area contributed by atoms with E-state index in [4.69, 9.17) is 4.74 Å². The van der Waals surface area contributed by atoms with Crippen molar-refractivity contribution in [2.45, 2.75) is 6.54 Å². The maximum absolute atomic E-state index is 12.3. The number of nitrogens with zero attached hydrogens (tertiary/aromatic N) is 4. The van der Waals surface area contributed by atoms with Crippen LogP contribution < -0.4 is 15.2 Å². The summed E-state index contributed by atoms with van der Waals surface area (Å²) in [7, 11) is 0. The highest BCUT2D eigenvalue weighted by atomic mass is 32.1. The number of nitrogens with one attached hydrogen (secondary N) is 1. The Labute approximate surface area is 188 Å². The molecular weight excluding hydrogens is 426 g/mol. The molecule has 9 heteroatoms. The maximum atomic E-state index is 12.3. The average Bonchev–Trinajstić information content (AvgIpc) is 3.35. The van der Waals surface area contributed by atoms with E-state index in [0.717, 1.165) is 31.9 Å². The van der Waals surface area contributed by atoms with Crippen LogP contribution in [0.5, 0.6) is 5.75 Å². The molecule has 0 radical (unpaired) electrons. The second kappa shape index (κ2) is 8.89. The average molecular weight is 448 g/mol. The fourth-order valence-corrected chi connectivity index (χ4v) is 4.31. The van der Waals surface area contributed by atoms with Crippen LogP contribution in [-0.2, 0) is 6.54 Å². The molecule has 162 valence electrons. The van der Waals surface area contributed by atoms with Crippen molar-refractivity contribution in [1.82, 2.24) is 19.9 Å². The number of aromatic nitrogens is 3. The van der Waals surface area contributed by atoms with Gasteiger partial charge in [-0.1, -0.05) is 18.2 Å². The van der Waals surface area contributed by atoms with Crippen LogP contribution in [0, 0.1) is 0 Å². The number of carbonyl (C=O) groups is 1. The van der Waals surface area contributed by atoms with Crippen LogP contribution in [-0.4, -0.2) is 52.0 Å².